The van der Waals surface area contributed by atoms with Crippen LogP contribution in [0.2, 0.25) is 0 Å². The number of amides is 1. The summed E-state index contributed by atoms with van der Waals surface area (Å²) < 4.78 is 0.162. The zero-order valence-electron chi connectivity index (χ0n) is 12.7. The van der Waals surface area contributed by atoms with E-state index in [-0.39, 0.29) is 22.9 Å². The lowest BCUT2D eigenvalue weighted by Crippen LogP contribution is -2.43. The van der Waals surface area contributed by atoms with Gasteiger partial charge in [-0.2, -0.15) is 23.1 Å². The van der Waals surface area contributed by atoms with Gasteiger partial charge >= 0.3 is 0 Å². The van der Waals surface area contributed by atoms with Crippen molar-refractivity contribution in [1.82, 2.24) is 10.2 Å². The zero-order chi connectivity index (χ0) is 14.8. The van der Waals surface area contributed by atoms with E-state index in [9.17, 15) is 4.79 Å². The van der Waals surface area contributed by atoms with E-state index in [2.05, 4.69) is 42.2 Å². The van der Waals surface area contributed by atoms with Crippen LogP contribution in [-0.2, 0) is 4.79 Å². The number of thioether (sulfide) groups is 1. The molecule has 1 saturated heterocycles. The number of carbonyl (C=O) groups excluding carboxylic acids is 1. The first kappa shape index (κ1) is 15.9. The second-order valence-electron chi connectivity index (χ2n) is 5.41. The molecule has 1 aromatic rings. The number of hydrogen-bond donors (Lipinski definition) is 1. The Labute approximate surface area is 130 Å². The molecule has 0 bridgehead atoms. The van der Waals surface area contributed by atoms with Gasteiger partial charge < -0.3 is 4.90 Å². The van der Waals surface area contributed by atoms with Crippen LogP contribution in [0, 0.1) is 0 Å². The van der Waals surface area contributed by atoms with Crippen molar-refractivity contribution in [2.75, 3.05) is 12.8 Å². The average Bonchev–Trinajstić information content (AvgIpc) is 3.08. The van der Waals surface area contributed by atoms with Gasteiger partial charge in [-0.25, -0.2) is 0 Å². The minimum absolute atomic E-state index is 0.0355. The topological polar surface area (TPSA) is 32.3 Å². The second kappa shape index (κ2) is 6.50. The zero-order valence-corrected chi connectivity index (χ0v) is 14.3. The van der Waals surface area contributed by atoms with E-state index in [4.69, 9.17) is 0 Å². The molecule has 1 aliphatic rings. The third-order valence-electron chi connectivity index (χ3n) is 4.41. The van der Waals surface area contributed by atoms with Crippen molar-refractivity contribution < 1.29 is 4.79 Å². The first-order valence-corrected chi connectivity index (χ1v) is 9.37. The first-order valence-electron chi connectivity index (χ1n) is 7.20. The molecule has 3 nitrogen and oxygen atoms in total. The number of thiophene rings is 1. The van der Waals surface area contributed by atoms with E-state index >= 15 is 0 Å². The summed E-state index contributed by atoms with van der Waals surface area (Å²) in [7, 11) is 0. The highest BCUT2D eigenvalue weighted by molar-refractivity contribution is 8.00. The van der Waals surface area contributed by atoms with Gasteiger partial charge in [0.1, 0.15) is 6.17 Å². The van der Waals surface area contributed by atoms with E-state index in [1.807, 2.05) is 23.6 Å². The van der Waals surface area contributed by atoms with Crippen LogP contribution < -0.4 is 5.32 Å². The monoisotopic (exact) mass is 312 g/mol. The lowest BCUT2D eigenvalue weighted by atomic mass is 10.0. The number of rotatable bonds is 6. The molecule has 0 saturated carbocycles. The molecule has 1 amide bonds. The Morgan fingerprint density at radius 1 is 1.45 bits per heavy atom. The van der Waals surface area contributed by atoms with Gasteiger partial charge in [0, 0.05) is 11.3 Å². The maximum atomic E-state index is 12.5. The molecule has 0 aromatic carbocycles. The molecule has 0 spiro atoms. The Morgan fingerprint density at radius 3 is 2.65 bits per heavy atom. The molecule has 0 radical (unpaired) electrons. The van der Waals surface area contributed by atoms with Crippen LogP contribution in [0.5, 0.6) is 0 Å². The van der Waals surface area contributed by atoms with E-state index < -0.39 is 0 Å². The molecule has 2 rings (SSSR count). The standard InChI is InChI=1S/C15H24N2OS2/c1-5-15(6-2,19-4)10-17-13(12-7-8-20-9-12)16-11(3)14(17)18/h7-9,11,13,16H,5-6,10H2,1-4H3. The quantitative estimate of drug-likeness (QED) is 0.872. The number of carbonyl (C=O) groups is 1. The highest BCUT2D eigenvalue weighted by Gasteiger charge is 2.41. The summed E-state index contributed by atoms with van der Waals surface area (Å²) >= 11 is 3.57. The summed E-state index contributed by atoms with van der Waals surface area (Å²) in [6, 6.07) is 2.02. The van der Waals surface area contributed by atoms with Crippen LogP contribution in [0.25, 0.3) is 0 Å². The fourth-order valence-electron chi connectivity index (χ4n) is 2.79. The summed E-state index contributed by atoms with van der Waals surface area (Å²) in [6.45, 7) is 7.21. The van der Waals surface area contributed by atoms with E-state index in [0.29, 0.717) is 0 Å². The summed E-state index contributed by atoms with van der Waals surface area (Å²) in [5.74, 6) is 0.224. The summed E-state index contributed by atoms with van der Waals surface area (Å²) in [5, 5.41) is 7.63. The minimum Gasteiger partial charge on any atom is -0.320 e. The molecule has 1 aromatic heterocycles. The van der Waals surface area contributed by atoms with Crippen LogP contribution in [-0.4, -0.2) is 34.4 Å². The molecule has 20 heavy (non-hydrogen) atoms. The Bertz CT molecular complexity index is 434. The molecule has 2 unspecified atom stereocenters. The predicted molar refractivity (Wildman–Crippen MR) is 88.2 cm³/mol. The average molecular weight is 313 g/mol. The summed E-state index contributed by atoms with van der Waals surface area (Å²) in [6.07, 6.45) is 4.36. The second-order valence-corrected chi connectivity index (χ2v) is 7.46. The maximum absolute atomic E-state index is 12.5. The van der Waals surface area contributed by atoms with Crippen molar-refractivity contribution in [2.24, 2.45) is 0 Å². The van der Waals surface area contributed by atoms with Gasteiger partial charge in [-0.15, -0.1) is 0 Å². The molecule has 1 fully saturated rings. The van der Waals surface area contributed by atoms with Crippen LogP contribution in [0.4, 0.5) is 0 Å². The maximum Gasteiger partial charge on any atom is 0.241 e. The molecule has 2 heterocycles. The minimum atomic E-state index is -0.0897. The highest BCUT2D eigenvalue weighted by Crippen LogP contribution is 2.36. The SMILES string of the molecule is CCC(CC)(CN1C(=O)C(C)NC1c1ccsc1)SC. The van der Waals surface area contributed by atoms with Crippen molar-refractivity contribution in [3.05, 3.63) is 22.4 Å². The van der Waals surface area contributed by atoms with Crippen LogP contribution in [0.1, 0.15) is 45.3 Å². The van der Waals surface area contributed by atoms with Gasteiger partial charge in [-0.05, 0) is 48.4 Å². The number of nitrogens with zero attached hydrogens (tertiary/aromatic N) is 1. The highest BCUT2D eigenvalue weighted by atomic mass is 32.2. The molecule has 112 valence electrons. The van der Waals surface area contributed by atoms with E-state index in [1.54, 1.807) is 11.3 Å². The van der Waals surface area contributed by atoms with Crippen molar-refractivity contribution in [3.8, 4) is 0 Å². The van der Waals surface area contributed by atoms with Gasteiger partial charge in [-0.3, -0.25) is 10.1 Å². The molecule has 1 aliphatic heterocycles. The van der Waals surface area contributed by atoms with Crippen LogP contribution >= 0.6 is 23.1 Å². The van der Waals surface area contributed by atoms with Gasteiger partial charge in [0.25, 0.3) is 0 Å². The largest absolute Gasteiger partial charge is 0.320 e. The Kier molecular flexibility index (Phi) is 5.15. The van der Waals surface area contributed by atoms with E-state index in [1.165, 1.54) is 5.56 Å². The Balaban J connectivity index is 2.24. The summed E-state index contributed by atoms with van der Waals surface area (Å²) in [4.78, 5) is 14.5. The summed E-state index contributed by atoms with van der Waals surface area (Å²) in [5.41, 5.74) is 1.20. The smallest absolute Gasteiger partial charge is 0.241 e. The third kappa shape index (κ3) is 2.90. The van der Waals surface area contributed by atoms with Crippen molar-refractivity contribution >= 4 is 29.0 Å². The van der Waals surface area contributed by atoms with E-state index in [0.717, 1.165) is 19.4 Å². The van der Waals surface area contributed by atoms with Crippen LogP contribution in [0.15, 0.2) is 16.8 Å². The molecular weight excluding hydrogens is 288 g/mol. The first-order chi connectivity index (χ1) is 9.56. The molecule has 0 aliphatic carbocycles. The van der Waals surface area contributed by atoms with Crippen LogP contribution in [0.3, 0.4) is 0 Å². The number of nitrogens with one attached hydrogen (secondary N) is 1. The lowest BCUT2D eigenvalue weighted by molar-refractivity contribution is -0.130. The van der Waals surface area contributed by atoms with Crippen molar-refractivity contribution in [2.45, 2.75) is 50.6 Å². The number of hydrogen-bond acceptors (Lipinski definition) is 4. The predicted octanol–water partition coefficient (Wildman–Crippen LogP) is 3.49. The van der Waals surface area contributed by atoms with Crippen molar-refractivity contribution in [1.29, 1.82) is 0 Å². The third-order valence-corrected chi connectivity index (χ3v) is 6.69. The fraction of sp³-hybridized carbons (Fsp3) is 0.667. The Morgan fingerprint density at radius 2 is 2.15 bits per heavy atom. The van der Waals surface area contributed by atoms with Gasteiger partial charge in [-0.1, -0.05) is 13.8 Å². The molecule has 1 N–H and O–H groups in total. The molecule has 2 atom stereocenters. The lowest BCUT2D eigenvalue weighted by Gasteiger charge is -2.36. The fourth-order valence-corrected chi connectivity index (χ4v) is 4.31. The van der Waals surface area contributed by atoms with Gasteiger partial charge in [0.2, 0.25) is 5.91 Å². The molecule has 5 heteroatoms. The van der Waals surface area contributed by atoms with Crippen molar-refractivity contribution in [3.63, 3.8) is 0 Å². The molecular formula is C15H24N2OS2. The normalized spacial score (nSPS) is 23.6. The van der Waals surface area contributed by atoms with Gasteiger partial charge in [0.15, 0.2) is 0 Å². The Hall–Kier alpha value is -0.520. The van der Waals surface area contributed by atoms with Gasteiger partial charge in [0.05, 0.1) is 6.04 Å².